The van der Waals surface area contributed by atoms with Crippen LogP contribution < -0.4 is 0 Å². The number of amides is 1. The van der Waals surface area contributed by atoms with Crippen molar-refractivity contribution < 1.29 is 14.3 Å². The summed E-state index contributed by atoms with van der Waals surface area (Å²) < 4.78 is 13.3. The molecule has 2 saturated heterocycles. The van der Waals surface area contributed by atoms with Crippen LogP contribution in [0.3, 0.4) is 0 Å². The number of carbonyl (C=O) groups excluding carboxylic acids is 1. The zero-order valence-corrected chi connectivity index (χ0v) is 15.7. The van der Waals surface area contributed by atoms with Gasteiger partial charge >= 0.3 is 0 Å². The number of rotatable bonds is 5. The molecule has 2 fully saturated rings. The average molecular weight is 370 g/mol. The number of hydrogen-bond acceptors (Lipinski definition) is 5. The molecule has 3 heterocycles. The van der Waals surface area contributed by atoms with Gasteiger partial charge in [-0.2, -0.15) is 5.10 Å². The molecule has 1 amide bonds. The first-order chi connectivity index (χ1) is 13.1. The molecule has 7 nitrogen and oxygen atoms in total. The minimum absolute atomic E-state index is 0.154. The molecule has 1 spiro atoms. The van der Waals surface area contributed by atoms with E-state index < -0.39 is 5.79 Å². The normalized spacial score (nSPS) is 19.1. The molecule has 0 aliphatic carbocycles. The highest BCUT2D eigenvalue weighted by Gasteiger charge is 2.40. The number of nitrogens with zero attached hydrogens (tertiary/aromatic N) is 4. The maximum Gasteiger partial charge on any atom is 0.236 e. The van der Waals surface area contributed by atoms with E-state index in [0.29, 0.717) is 39.4 Å². The van der Waals surface area contributed by atoms with Crippen LogP contribution in [0.4, 0.5) is 0 Å². The molecule has 2 aliphatic rings. The van der Waals surface area contributed by atoms with E-state index in [1.807, 2.05) is 64.3 Å². The zero-order valence-electron chi connectivity index (χ0n) is 15.7. The minimum Gasteiger partial charge on any atom is -0.347 e. The van der Waals surface area contributed by atoms with Crippen molar-refractivity contribution in [1.29, 1.82) is 0 Å². The van der Waals surface area contributed by atoms with E-state index in [1.54, 1.807) is 0 Å². The quantitative estimate of drug-likeness (QED) is 0.801. The molecular formula is C20H26N4O3. The second kappa shape index (κ2) is 7.80. The maximum absolute atomic E-state index is 12.6. The summed E-state index contributed by atoms with van der Waals surface area (Å²) in [6.45, 7) is 3.78. The number of benzene rings is 1. The Morgan fingerprint density at radius 2 is 1.89 bits per heavy atom. The number of para-hydroxylation sites is 1. The summed E-state index contributed by atoms with van der Waals surface area (Å²) in [5.41, 5.74) is 2.11. The van der Waals surface area contributed by atoms with Crippen molar-refractivity contribution in [3.8, 4) is 5.69 Å². The number of aromatic nitrogens is 2. The summed E-state index contributed by atoms with van der Waals surface area (Å²) in [6.07, 6.45) is 5.38. The van der Waals surface area contributed by atoms with Crippen LogP contribution in [0.5, 0.6) is 0 Å². The van der Waals surface area contributed by atoms with Gasteiger partial charge in [-0.1, -0.05) is 18.2 Å². The maximum atomic E-state index is 12.6. The van der Waals surface area contributed by atoms with Gasteiger partial charge in [0.25, 0.3) is 0 Å². The van der Waals surface area contributed by atoms with Crippen LogP contribution in [0.15, 0.2) is 42.7 Å². The number of likely N-dealkylation sites (tertiary alicyclic amines) is 1. The van der Waals surface area contributed by atoms with Gasteiger partial charge in [-0.3, -0.25) is 9.69 Å². The van der Waals surface area contributed by atoms with Crippen molar-refractivity contribution >= 4 is 5.91 Å². The van der Waals surface area contributed by atoms with E-state index in [9.17, 15) is 4.79 Å². The third-order valence-corrected chi connectivity index (χ3v) is 5.21. The van der Waals surface area contributed by atoms with Gasteiger partial charge < -0.3 is 14.4 Å². The van der Waals surface area contributed by atoms with Gasteiger partial charge in [-0.15, -0.1) is 0 Å². The van der Waals surface area contributed by atoms with Crippen molar-refractivity contribution in [2.75, 3.05) is 39.9 Å². The molecule has 0 atom stereocenters. The average Bonchev–Trinajstić information content (AvgIpc) is 3.33. The molecule has 27 heavy (non-hydrogen) atoms. The van der Waals surface area contributed by atoms with Crippen molar-refractivity contribution in [2.45, 2.75) is 25.2 Å². The van der Waals surface area contributed by atoms with E-state index in [1.165, 1.54) is 0 Å². The lowest BCUT2D eigenvalue weighted by molar-refractivity contribution is -0.187. The molecule has 0 N–H and O–H groups in total. The highest BCUT2D eigenvalue weighted by molar-refractivity contribution is 5.78. The van der Waals surface area contributed by atoms with Crippen molar-refractivity contribution in [3.05, 3.63) is 48.3 Å². The molecule has 0 radical (unpaired) electrons. The van der Waals surface area contributed by atoms with Crippen LogP contribution in [0.2, 0.25) is 0 Å². The molecular weight excluding hydrogens is 344 g/mol. The van der Waals surface area contributed by atoms with E-state index in [0.717, 1.165) is 24.1 Å². The summed E-state index contributed by atoms with van der Waals surface area (Å²) in [5, 5.41) is 4.42. The van der Waals surface area contributed by atoms with Crippen LogP contribution in [-0.4, -0.2) is 71.2 Å². The van der Waals surface area contributed by atoms with E-state index >= 15 is 0 Å². The second-order valence-corrected chi connectivity index (χ2v) is 7.29. The monoisotopic (exact) mass is 370 g/mol. The predicted molar refractivity (Wildman–Crippen MR) is 100 cm³/mol. The Balaban J connectivity index is 1.27. The SMILES string of the molecule is CN(CC(=O)N1CCC2(CC1)OCCO2)Cc1cnn(-c2ccccc2)c1. The van der Waals surface area contributed by atoms with Gasteiger partial charge in [0.15, 0.2) is 5.79 Å². The summed E-state index contributed by atoms with van der Waals surface area (Å²) >= 11 is 0. The van der Waals surface area contributed by atoms with Gasteiger partial charge in [0.2, 0.25) is 5.91 Å². The minimum atomic E-state index is -0.436. The Kier molecular flexibility index (Phi) is 5.24. The molecule has 2 aromatic rings. The van der Waals surface area contributed by atoms with Crippen LogP contribution in [0, 0.1) is 0 Å². The van der Waals surface area contributed by atoms with Crippen LogP contribution in [0.25, 0.3) is 5.69 Å². The molecule has 144 valence electrons. The van der Waals surface area contributed by atoms with Crippen LogP contribution in [-0.2, 0) is 20.8 Å². The van der Waals surface area contributed by atoms with E-state index in [2.05, 4.69) is 5.10 Å². The van der Waals surface area contributed by atoms with Crippen molar-refractivity contribution in [1.82, 2.24) is 19.6 Å². The van der Waals surface area contributed by atoms with Gasteiger partial charge in [0.05, 0.1) is 31.6 Å². The van der Waals surface area contributed by atoms with Gasteiger partial charge in [0.1, 0.15) is 0 Å². The van der Waals surface area contributed by atoms with E-state index in [4.69, 9.17) is 9.47 Å². The Morgan fingerprint density at radius 1 is 1.19 bits per heavy atom. The Hall–Kier alpha value is -2.22. The van der Waals surface area contributed by atoms with Gasteiger partial charge in [0, 0.05) is 44.2 Å². The molecule has 1 aromatic carbocycles. The first kappa shape index (κ1) is 18.2. The molecule has 0 saturated carbocycles. The lowest BCUT2D eigenvalue weighted by Crippen LogP contribution is -2.49. The standard InChI is InChI=1S/C20H26N4O3/c1-22(14-17-13-21-24(15-17)18-5-3-2-4-6-18)16-19(25)23-9-7-20(8-10-23)26-11-12-27-20/h2-6,13,15H,7-12,14,16H2,1H3. The van der Waals surface area contributed by atoms with Crippen molar-refractivity contribution in [2.24, 2.45) is 0 Å². The smallest absolute Gasteiger partial charge is 0.236 e. The van der Waals surface area contributed by atoms with Crippen molar-refractivity contribution in [3.63, 3.8) is 0 Å². The highest BCUT2D eigenvalue weighted by atomic mass is 16.7. The first-order valence-corrected chi connectivity index (χ1v) is 9.47. The van der Waals surface area contributed by atoms with Gasteiger partial charge in [-0.25, -0.2) is 4.68 Å². The van der Waals surface area contributed by atoms with E-state index in [-0.39, 0.29) is 5.91 Å². The van der Waals surface area contributed by atoms with Gasteiger partial charge in [-0.05, 0) is 19.2 Å². The summed E-state index contributed by atoms with van der Waals surface area (Å²) in [4.78, 5) is 16.6. The molecule has 0 unspecified atom stereocenters. The van der Waals surface area contributed by atoms with Crippen LogP contribution in [0.1, 0.15) is 18.4 Å². The number of piperidine rings is 1. The lowest BCUT2D eigenvalue weighted by Gasteiger charge is -2.38. The molecule has 7 heteroatoms. The number of hydrogen-bond donors (Lipinski definition) is 0. The fourth-order valence-corrected chi connectivity index (χ4v) is 3.74. The lowest BCUT2D eigenvalue weighted by atomic mass is 10.0. The Bertz CT molecular complexity index is 761. The molecule has 4 rings (SSSR count). The molecule has 2 aliphatic heterocycles. The van der Waals surface area contributed by atoms with Crippen LogP contribution >= 0.6 is 0 Å². The second-order valence-electron chi connectivity index (χ2n) is 7.29. The molecule has 1 aromatic heterocycles. The summed E-state index contributed by atoms with van der Waals surface area (Å²) in [5.74, 6) is -0.282. The Labute approximate surface area is 159 Å². The highest BCUT2D eigenvalue weighted by Crippen LogP contribution is 2.31. The first-order valence-electron chi connectivity index (χ1n) is 9.47. The fourth-order valence-electron chi connectivity index (χ4n) is 3.74. The molecule has 0 bridgehead atoms. The third-order valence-electron chi connectivity index (χ3n) is 5.21. The zero-order chi connectivity index (χ0) is 18.7. The fraction of sp³-hybridized carbons (Fsp3) is 0.500. The number of ether oxygens (including phenoxy) is 2. The topological polar surface area (TPSA) is 59.8 Å². The number of carbonyl (C=O) groups is 1. The summed E-state index contributed by atoms with van der Waals surface area (Å²) in [6, 6.07) is 10.0. The Morgan fingerprint density at radius 3 is 2.59 bits per heavy atom. The summed E-state index contributed by atoms with van der Waals surface area (Å²) in [7, 11) is 1.96. The predicted octanol–water partition coefficient (Wildman–Crippen LogP) is 1.67. The number of likely N-dealkylation sites (N-methyl/N-ethyl adjacent to an activating group) is 1. The largest absolute Gasteiger partial charge is 0.347 e. The third kappa shape index (κ3) is 4.21.